The van der Waals surface area contributed by atoms with Gasteiger partial charge in [0.05, 0.1) is 12.4 Å². The molecule has 0 saturated heterocycles. The summed E-state index contributed by atoms with van der Waals surface area (Å²) in [4.78, 5) is 15.7. The summed E-state index contributed by atoms with van der Waals surface area (Å²) in [6.07, 6.45) is 3.09. The first-order chi connectivity index (χ1) is 9.11. The highest BCUT2D eigenvalue weighted by Gasteiger charge is 2.11. The van der Waals surface area contributed by atoms with E-state index in [9.17, 15) is 4.79 Å². The maximum Gasteiger partial charge on any atom is 0.253 e. The molecule has 1 N–H and O–H groups in total. The van der Waals surface area contributed by atoms with Gasteiger partial charge in [0.25, 0.3) is 5.56 Å². The molecule has 0 saturated carbocycles. The van der Waals surface area contributed by atoms with Gasteiger partial charge in [0.15, 0.2) is 0 Å². The molecular weight excluding hydrogens is 238 g/mol. The first-order valence-corrected chi connectivity index (χ1v) is 6.36. The van der Waals surface area contributed by atoms with Crippen LogP contribution in [0.1, 0.15) is 22.7 Å². The molecule has 0 fully saturated rings. The number of nitrogens with one attached hydrogen (secondary N) is 1. The maximum atomic E-state index is 11.7. The molecule has 4 nitrogen and oxygen atoms in total. The van der Waals surface area contributed by atoms with Gasteiger partial charge in [-0.05, 0) is 37.6 Å². The molecule has 1 heterocycles. The van der Waals surface area contributed by atoms with Crippen LogP contribution in [0.2, 0.25) is 0 Å². The fourth-order valence-electron chi connectivity index (χ4n) is 2.06. The lowest BCUT2D eigenvalue weighted by Gasteiger charge is -2.18. The van der Waals surface area contributed by atoms with Crippen LogP contribution in [0.25, 0.3) is 0 Å². The van der Waals surface area contributed by atoms with Crippen LogP contribution in [-0.4, -0.2) is 16.6 Å². The highest BCUT2D eigenvalue weighted by atomic mass is 16.1. The van der Waals surface area contributed by atoms with Crippen LogP contribution >= 0.6 is 0 Å². The third-order valence-electron chi connectivity index (χ3n) is 3.45. The van der Waals surface area contributed by atoms with Crippen molar-refractivity contribution in [3.05, 3.63) is 63.8 Å². The van der Waals surface area contributed by atoms with E-state index in [1.807, 2.05) is 7.05 Å². The lowest BCUT2D eigenvalue weighted by molar-refractivity contribution is 0.486. The van der Waals surface area contributed by atoms with Crippen LogP contribution in [0, 0.1) is 13.8 Å². The van der Waals surface area contributed by atoms with Crippen molar-refractivity contribution in [2.24, 2.45) is 0 Å². The summed E-state index contributed by atoms with van der Waals surface area (Å²) in [6.45, 7) is 4.77. The van der Waals surface area contributed by atoms with E-state index in [2.05, 4.69) is 42.3 Å². The Labute approximate surface area is 113 Å². The standard InChI is InChI=1S/C15H19N3O/c1-11-4-5-13(8-12(11)2)14(16-3)9-18-10-17-7-6-15(18)19/h4-8,10,14,16H,9H2,1-3H3. The Morgan fingerprint density at radius 1 is 1.26 bits per heavy atom. The molecule has 1 aromatic carbocycles. The largest absolute Gasteiger partial charge is 0.312 e. The molecule has 0 spiro atoms. The van der Waals surface area contributed by atoms with E-state index in [4.69, 9.17) is 0 Å². The summed E-state index contributed by atoms with van der Waals surface area (Å²) in [6, 6.07) is 7.96. The van der Waals surface area contributed by atoms with E-state index in [-0.39, 0.29) is 11.6 Å². The maximum absolute atomic E-state index is 11.7. The van der Waals surface area contributed by atoms with Crippen LogP contribution in [0.5, 0.6) is 0 Å². The van der Waals surface area contributed by atoms with Gasteiger partial charge < -0.3 is 5.32 Å². The number of likely N-dealkylation sites (N-methyl/N-ethyl adjacent to an activating group) is 1. The quantitative estimate of drug-likeness (QED) is 0.909. The Morgan fingerprint density at radius 2 is 2.05 bits per heavy atom. The van der Waals surface area contributed by atoms with Crippen LogP contribution in [0.4, 0.5) is 0 Å². The van der Waals surface area contributed by atoms with Crippen molar-refractivity contribution in [2.75, 3.05) is 7.05 Å². The molecule has 0 radical (unpaired) electrons. The Morgan fingerprint density at radius 3 is 2.68 bits per heavy atom. The SMILES string of the molecule is CNC(Cn1cnccc1=O)c1ccc(C)c(C)c1. The van der Waals surface area contributed by atoms with Crippen LogP contribution in [-0.2, 0) is 6.54 Å². The first kappa shape index (κ1) is 13.5. The molecule has 0 aliphatic carbocycles. The molecule has 100 valence electrons. The molecular formula is C15H19N3O. The zero-order chi connectivity index (χ0) is 13.8. The molecule has 1 atom stereocenters. The summed E-state index contributed by atoms with van der Waals surface area (Å²) in [7, 11) is 1.90. The first-order valence-electron chi connectivity index (χ1n) is 6.36. The van der Waals surface area contributed by atoms with Crippen molar-refractivity contribution in [1.82, 2.24) is 14.9 Å². The van der Waals surface area contributed by atoms with E-state index >= 15 is 0 Å². The predicted octanol–water partition coefficient (Wildman–Crippen LogP) is 1.82. The Kier molecular flexibility index (Phi) is 4.12. The molecule has 19 heavy (non-hydrogen) atoms. The second-order valence-electron chi connectivity index (χ2n) is 4.76. The highest BCUT2D eigenvalue weighted by molar-refractivity contribution is 5.31. The van der Waals surface area contributed by atoms with Gasteiger partial charge in [-0.3, -0.25) is 9.36 Å². The number of hydrogen-bond donors (Lipinski definition) is 1. The lowest BCUT2D eigenvalue weighted by atomic mass is 10.0. The summed E-state index contributed by atoms with van der Waals surface area (Å²) in [5.74, 6) is 0. The minimum Gasteiger partial charge on any atom is -0.312 e. The Hall–Kier alpha value is -1.94. The van der Waals surface area contributed by atoms with Gasteiger partial charge >= 0.3 is 0 Å². The van der Waals surface area contributed by atoms with Crippen molar-refractivity contribution in [3.63, 3.8) is 0 Å². The highest BCUT2D eigenvalue weighted by Crippen LogP contribution is 2.18. The van der Waals surface area contributed by atoms with Gasteiger partial charge in [0.2, 0.25) is 0 Å². The van der Waals surface area contributed by atoms with Gasteiger partial charge in [0.1, 0.15) is 0 Å². The molecule has 1 unspecified atom stereocenters. The normalized spacial score (nSPS) is 12.4. The van der Waals surface area contributed by atoms with E-state index in [0.717, 1.165) is 0 Å². The molecule has 0 aliphatic heterocycles. The number of hydrogen-bond acceptors (Lipinski definition) is 3. The van der Waals surface area contributed by atoms with Crippen LogP contribution in [0.3, 0.4) is 0 Å². The molecule has 4 heteroatoms. The average molecular weight is 257 g/mol. The zero-order valence-electron chi connectivity index (χ0n) is 11.6. The van der Waals surface area contributed by atoms with E-state index in [0.29, 0.717) is 6.54 Å². The predicted molar refractivity (Wildman–Crippen MR) is 76.2 cm³/mol. The van der Waals surface area contributed by atoms with E-state index in [1.165, 1.54) is 29.0 Å². The monoisotopic (exact) mass is 257 g/mol. The molecule has 0 aliphatic rings. The van der Waals surface area contributed by atoms with Gasteiger partial charge in [0, 0.05) is 18.8 Å². The van der Waals surface area contributed by atoms with Crippen LogP contribution < -0.4 is 10.9 Å². The van der Waals surface area contributed by atoms with Crippen molar-refractivity contribution in [3.8, 4) is 0 Å². The summed E-state index contributed by atoms with van der Waals surface area (Å²) in [5, 5.41) is 3.25. The number of rotatable bonds is 4. The van der Waals surface area contributed by atoms with E-state index in [1.54, 1.807) is 10.9 Å². The zero-order valence-corrected chi connectivity index (χ0v) is 11.6. The van der Waals surface area contributed by atoms with Gasteiger partial charge in [-0.1, -0.05) is 18.2 Å². The van der Waals surface area contributed by atoms with Crippen molar-refractivity contribution in [1.29, 1.82) is 0 Å². The van der Waals surface area contributed by atoms with Crippen molar-refractivity contribution >= 4 is 0 Å². The van der Waals surface area contributed by atoms with Gasteiger partial charge in [-0.15, -0.1) is 0 Å². The Bertz CT molecular complexity index is 619. The minimum absolute atomic E-state index is 0.0286. The van der Waals surface area contributed by atoms with Gasteiger partial charge in [-0.2, -0.15) is 0 Å². The third-order valence-corrected chi connectivity index (χ3v) is 3.45. The van der Waals surface area contributed by atoms with Crippen LogP contribution in [0.15, 0.2) is 41.6 Å². The lowest BCUT2D eigenvalue weighted by Crippen LogP contribution is -2.28. The smallest absolute Gasteiger partial charge is 0.253 e. The third kappa shape index (κ3) is 3.09. The molecule has 2 rings (SSSR count). The van der Waals surface area contributed by atoms with Gasteiger partial charge in [-0.25, -0.2) is 4.98 Å². The second-order valence-corrected chi connectivity index (χ2v) is 4.76. The fraction of sp³-hybridized carbons (Fsp3) is 0.333. The topological polar surface area (TPSA) is 46.9 Å². The summed E-state index contributed by atoms with van der Waals surface area (Å²) < 4.78 is 1.62. The molecule has 0 bridgehead atoms. The Balaban J connectivity index is 2.28. The summed E-state index contributed by atoms with van der Waals surface area (Å²) in [5.41, 5.74) is 3.69. The number of nitrogens with zero attached hydrogens (tertiary/aromatic N) is 2. The molecule has 1 aromatic heterocycles. The number of benzene rings is 1. The fourth-order valence-corrected chi connectivity index (χ4v) is 2.06. The molecule has 0 amide bonds. The molecule has 2 aromatic rings. The second kappa shape index (κ2) is 5.80. The van der Waals surface area contributed by atoms with E-state index < -0.39 is 0 Å². The summed E-state index contributed by atoms with van der Waals surface area (Å²) >= 11 is 0. The minimum atomic E-state index is -0.0286. The van der Waals surface area contributed by atoms with Crippen molar-refractivity contribution < 1.29 is 0 Å². The van der Waals surface area contributed by atoms with Crippen molar-refractivity contribution in [2.45, 2.75) is 26.4 Å². The average Bonchev–Trinajstić information content (AvgIpc) is 2.41. The number of aromatic nitrogens is 2. The number of aryl methyl sites for hydroxylation is 2.